The third-order valence-corrected chi connectivity index (χ3v) is 4.31. The van der Waals surface area contributed by atoms with Crippen LogP contribution in [0.25, 0.3) is 0 Å². The van der Waals surface area contributed by atoms with Crippen LogP contribution in [0.4, 0.5) is 0 Å². The minimum Gasteiger partial charge on any atom is -0.392 e. The summed E-state index contributed by atoms with van der Waals surface area (Å²) in [5, 5.41) is 10.5. The summed E-state index contributed by atoms with van der Waals surface area (Å²) in [6.45, 7) is 0. The summed E-state index contributed by atoms with van der Waals surface area (Å²) in [5.41, 5.74) is 1.19. The molecule has 1 aromatic rings. The molecule has 0 aliphatic heterocycles. The van der Waals surface area contributed by atoms with E-state index < -0.39 is 0 Å². The number of hydrogen-bond donors (Lipinski definition) is 1. The van der Waals surface area contributed by atoms with E-state index in [0.29, 0.717) is 5.92 Å². The van der Waals surface area contributed by atoms with E-state index in [4.69, 9.17) is 0 Å². The lowest BCUT2D eigenvalue weighted by Crippen LogP contribution is -2.47. The highest BCUT2D eigenvalue weighted by atomic mass is 16.3. The Morgan fingerprint density at radius 3 is 2.81 bits per heavy atom. The molecule has 0 spiro atoms. The average molecular weight is 214 g/mol. The van der Waals surface area contributed by atoms with Crippen LogP contribution in [0.1, 0.15) is 31.2 Å². The van der Waals surface area contributed by atoms with Crippen LogP contribution in [0.3, 0.4) is 0 Å². The Morgan fingerprint density at radius 2 is 2.00 bits per heavy atom. The second kappa shape index (κ2) is 3.74. The third kappa shape index (κ3) is 1.35. The molecule has 1 nitrogen and oxygen atoms in total. The minimum atomic E-state index is -0.186. The van der Waals surface area contributed by atoms with Crippen LogP contribution in [-0.4, -0.2) is 11.2 Å². The molecule has 1 N–H and O–H groups in total. The van der Waals surface area contributed by atoms with Crippen LogP contribution < -0.4 is 0 Å². The van der Waals surface area contributed by atoms with Gasteiger partial charge in [0.15, 0.2) is 0 Å². The fraction of sp³-hybridized carbons (Fsp3) is 0.467. The molecule has 3 atom stereocenters. The van der Waals surface area contributed by atoms with Gasteiger partial charge in [0, 0.05) is 5.41 Å². The standard InChI is InChI=1S/C15H18O/c16-14-12-6-4-10-15(14,11-5-7-12)13-8-2-1-3-9-13/h1-4,8-10,12,14,16H,5-7,11H2/t12-,14?,15+/m1/s1. The molecular weight excluding hydrogens is 196 g/mol. The van der Waals surface area contributed by atoms with Crippen LogP contribution in [0.15, 0.2) is 42.5 Å². The number of hydrogen-bond acceptors (Lipinski definition) is 1. The monoisotopic (exact) mass is 214 g/mol. The molecule has 0 radical (unpaired) electrons. The van der Waals surface area contributed by atoms with Gasteiger partial charge in [-0.15, -0.1) is 0 Å². The van der Waals surface area contributed by atoms with Gasteiger partial charge in [0.05, 0.1) is 6.10 Å². The SMILES string of the molecule is OC1[C@@H]2CC=C[C@@]1(c1ccccc1)CCC2. The van der Waals surface area contributed by atoms with Crippen LogP contribution in [0, 0.1) is 5.92 Å². The molecule has 0 aromatic heterocycles. The van der Waals surface area contributed by atoms with Crippen LogP contribution in [-0.2, 0) is 5.41 Å². The maximum atomic E-state index is 10.5. The van der Waals surface area contributed by atoms with Gasteiger partial charge < -0.3 is 5.11 Å². The van der Waals surface area contributed by atoms with Gasteiger partial charge in [0.2, 0.25) is 0 Å². The predicted octanol–water partition coefficient (Wildman–Crippen LogP) is 3.05. The predicted molar refractivity (Wildman–Crippen MR) is 65.2 cm³/mol. The number of allylic oxidation sites excluding steroid dienone is 1. The molecule has 16 heavy (non-hydrogen) atoms. The van der Waals surface area contributed by atoms with E-state index in [0.717, 1.165) is 12.8 Å². The Labute approximate surface area is 96.8 Å². The number of fused-ring (bicyclic) bond motifs is 2. The molecule has 2 bridgehead atoms. The molecule has 0 amide bonds. The van der Waals surface area contributed by atoms with Gasteiger partial charge in [-0.05, 0) is 30.7 Å². The Bertz CT molecular complexity index is 395. The molecule has 1 saturated carbocycles. The Balaban J connectivity index is 2.08. The smallest absolute Gasteiger partial charge is 0.0702 e. The lowest BCUT2D eigenvalue weighted by atomic mass is 9.60. The molecule has 84 valence electrons. The van der Waals surface area contributed by atoms with Crippen molar-refractivity contribution in [3.8, 4) is 0 Å². The zero-order valence-corrected chi connectivity index (χ0v) is 9.47. The van der Waals surface area contributed by atoms with Crippen molar-refractivity contribution in [2.75, 3.05) is 0 Å². The molecule has 3 rings (SSSR count). The number of rotatable bonds is 1. The van der Waals surface area contributed by atoms with Gasteiger partial charge in [-0.1, -0.05) is 48.9 Å². The lowest BCUT2D eigenvalue weighted by molar-refractivity contribution is 0.00985. The molecule has 2 aliphatic carbocycles. The van der Waals surface area contributed by atoms with Crippen LogP contribution in [0.5, 0.6) is 0 Å². The summed E-state index contributed by atoms with van der Waals surface area (Å²) in [6.07, 6.45) is 8.89. The van der Waals surface area contributed by atoms with Gasteiger partial charge in [-0.3, -0.25) is 0 Å². The summed E-state index contributed by atoms with van der Waals surface area (Å²) in [5.74, 6) is 0.471. The van der Waals surface area contributed by atoms with E-state index in [9.17, 15) is 5.11 Å². The minimum absolute atomic E-state index is 0.0948. The first-order valence-electron chi connectivity index (χ1n) is 6.24. The largest absolute Gasteiger partial charge is 0.392 e. The first-order chi connectivity index (χ1) is 7.83. The van der Waals surface area contributed by atoms with Gasteiger partial charge in [-0.25, -0.2) is 0 Å². The highest BCUT2D eigenvalue weighted by Gasteiger charge is 2.45. The summed E-state index contributed by atoms with van der Waals surface area (Å²) < 4.78 is 0. The van der Waals surface area contributed by atoms with Crippen LogP contribution in [0.2, 0.25) is 0 Å². The molecular formula is C15H18O. The topological polar surface area (TPSA) is 20.2 Å². The van der Waals surface area contributed by atoms with Crippen molar-refractivity contribution in [3.63, 3.8) is 0 Å². The van der Waals surface area contributed by atoms with E-state index in [1.165, 1.54) is 18.4 Å². The van der Waals surface area contributed by atoms with Crippen molar-refractivity contribution in [1.82, 2.24) is 0 Å². The van der Waals surface area contributed by atoms with E-state index in [1.807, 2.05) is 6.07 Å². The maximum absolute atomic E-state index is 10.5. The molecule has 0 heterocycles. The van der Waals surface area contributed by atoms with Gasteiger partial charge in [-0.2, -0.15) is 0 Å². The Morgan fingerprint density at radius 1 is 1.19 bits per heavy atom. The highest BCUT2D eigenvalue weighted by molar-refractivity contribution is 5.35. The molecule has 1 fully saturated rings. The molecule has 1 heteroatoms. The molecule has 1 unspecified atom stereocenters. The normalized spacial score (nSPS) is 37.3. The summed E-state index contributed by atoms with van der Waals surface area (Å²) >= 11 is 0. The van der Waals surface area contributed by atoms with E-state index in [2.05, 4.69) is 36.4 Å². The second-order valence-corrected chi connectivity index (χ2v) is 5.14. The van der Waals surface area contributed by atoms with Crippen LogP contribution >= 0.6 is 0 Å². The van der Waals surface area contributed by atoms with Crippen molar-refractivity contribution in [1.29, 1.82) is 0 Å². The highest BCUT2D eigenvalue weighted by Crippen LogP contribution is 2.47. The quantitative estimate of drug-likeness (QED) is 0.712. The first-order valence-corrected chi connectivity index (χ1v) is 6.24. The summed E-state index contributed by atoms with van der Waals surface area (Å²) in [7, 11) is 0. The average Bonchev–Trinajstić information content (AvgIpc) is 2.30. The Kier molecular flexibility index (Phi) is 2.36. The molecule has 0 saturated heterocycles. The molecule has 2 aliphatic rings. The Hall–Kier alpha value is -1.08. The molecule has 1 aromatic carbocycles. The summed E-state index contributed by atoms with van der Waals surface area (Å²) in [4.78, 5) is 0. The number of benzene rings is 1. The van der Waals surface area contributed by atoms with Crippen molar-refractivity contribution < 1.29 is 5.11 Å². The summed E-state index contributed by atoms with van der Waals surface area (Å²) in [6, 6.07) is 10.5. The first kappa shape index (κ1) is 10.1. The zero-order valence-electron chi connectivity index (χ0n) is 9.47. The second-order valence-electron chi connectivity index (χ2n) is 5.14. The fourth-order valence-corrected chi connectivity index (χ4v) is 3.42. The van der Waals surface area contributed by atoms with Crippen molar-refractivity contribution in [2.45, 2.75) is 37.2 Å². The lowest BCUT2D eigenvalue weighted by Gasteiger charge is -2.46. The maximum Gasteiger partial charge on any atom is 0.0702 e. The van der Waals surface area contributed by atoms with E-state index in [-0.39, 0.29) is 11.5 Å². The zero-order chi connectivity index (χ0) is 11.0. The number of aliphatic hydroxyl groups excluding tert-OH is 1. The van der Waals surface area contributed by atoms with Crippen molar-refractivity contribution in [2.24, 2.45) is 5.92 Å². The van der Waals surface area contributed by atoms with Crippen molar-refractivity contribution in [3.05, 3.63) is 48.0 Å². The fourth-order valence-electron chi connectivity index (χ4n) is 3.42. The van der Waals surface area contributed by atoms with Gasteiger partial charge >= 0.3 is 0 Å². The van der Waals surface area contributed by atoms with Gasteiger partial charge in [0.1, 0.15) is 0 Å². The number of aliphatic hydroxyl groups is 1. The van der Waals surface area contributed by atoms with Gasteiger partial charge in [0.25, 0.3) is 0 Å². The third-order valence-electron chi connectivity index (χ3n) is 4.31. The van der Waals surface area contributed by atoms with Crippen molar-refractivity contribution >= 4 is 0 Å². The van der Waals surface area contributed by atoms with E-state index >= 15 is 0 Å². The van der Waals surface area contributed by atoms with E-state index in [1.54, 1.807) is 0 Å².